The molecule has 1 fully saturated rings. The molecule has 0 aliphatic carbocycles. The number of likely N-dealkylation sites (tertiary alicyclic amines) is 1. The van der Waals surface area contributed by atoms with Gasteiger partial charge in [0.25, 0.3) is 0 Å². The Balaban J connectivity index is 1.92. The number of hydrogen-bond donors (Lipinski definition) is 1. The average molecular weight is 382 g/mol. The zero-order valence-electron chi connectivity index (χ0n) is 16.0. The van der Waals surface area contributed by atoms with Crippen LogP contribution in [0.4, 0.5) is 0 Å². The van der Waals surface area contributed by atoms with Crippen LogP contribution in [0, 0.1) is 5.92 Å². The second-order valence-corrected chi connectivity index (χ2v) is 9.33. The van der Waals surface area contributed by atoms with E-state index in [9.17, 15) is 13.2 Å². The average Bonchev–Trinajstić information content (AvgIpc) is 2.59. The van der Waals surface area contributed by atoms with Gasteiger partial charge in [-0.1, -0.05) is 37.3 Å². The molecule has 0 radical (unpaired) electrons. The molecule has 26 heavy (non-hydrogen) atoms. The molecule has 1 N–H and O–H groups in total. The first kappa shape index (κ1) is 20.9. The first-order valence-electron chi connectivity index (χ1n) is 9.27. The van der Waals surface area contributed by atoms with Gasteiger partial charge in [-0.15, -0.1) is 0 Å². The number of carbonyl (C=O) groups is 1. The molecule has 0 aromatic heterocycles. The normalized spacial score (nSPS) is 20.1. The van der Waals surface area contributed by atoms with Crippen LogP contribution in [0.15, 0.2) is 30.3 Å². The highest BCUT2D eigenvalue weighted by atomic mass is 32.2. The van der Waals surface area contributed by atoms with Crippen LogP contribution in [0.3, 0.4) is 0 Å². The van der Waals surface area contributed by atoms with Crippen molar-refractivity contribution in [2.45, 2.75) is 32.2 Å². The number of hydrogen-bond acceptors (Lipinski definition) is 4. The summed E-state index contributed by atoms with van der Waals surface area (Å²) in [5, 5.41) is 2.91. The minimum Gasteiger partial charge on any atom is -0.354 e. The van der Waals surface area contributed by atoms with Gasteiger partial charge in [0.1, 0.15) is 6.04 Å². The lowest BCUT2D eigenvalue weighted by Gasteiger charge is -2.31. The van der Waals surface area contributed by atoms with Crippen molar-refractivity contribution in [1.29, 1.82) is 0 Å². The summed E-state index contributed by atoms with van der Waals surface area (Å²) in [7, 11) is -2.04. The van der Waals surface area contributed by atoms with E-state index in [1.54, 1.807) is 12.1 Å². The second-order valence-electron chi connectivity index (χ2n) is 7.29. The minimum atomic E-state index is -3.48. The van der Waals surface area contributed by atoms with Crippen LogP contribution in [-0.4, -0.2) is 63.0 Å². The van der Waals surface area contributed by atoms with Crippen LogP contribution in [0.25, 0.3) is 0 Å². The smallest absolute Gasteiger partial charge is 0.242 e. The van der Waals surface area contributed by atoms with Gasteiger partial charge < -0.3 is 10.2 Å². The molecule has 1 aromatic carbocycles. The van der Waals surface area contributed by atoms with Gasteiger partial charge in [-0.25, -0.2) is 8.42 Å². The van der Waals surface area contributed by atoms with Gasteiger partial charge in [0.05, 0.1) is 6.26 Å². The standard InChI is InChI=1S/C19H31N3O3S/c1-16-9-7-13-22(15-16)14-8-12-20-19(23)18(21(2)26(3,24)25)17-10-5-4-6-11-17/h4-6,10-11,16,18H,7-9,12-15H2,1-3H3,(H,20,23)/t16-,18+/m1/s1. The Morgan fingerprint density at radius 1 is 1.35 bits per heavy atom. The van der Waals surface area contributed by atoms with Crippen LogP contribution < -0.4 is 5.32 Å². The summed E-state index contributed by atoms with van der Waals surface area (Å²) < 4.78 is 25.0. The van der Waals surface area contributed by atoms with Crippen LogP contribution in [0.2, 0.25) is 0 Å². The SMILES string of the molecule is C[C@@H]1CCCN(CCCNC(=O)[C@H](c2ccccc2)N(C)S(C)(=O)=O)C1. The monoisotopic (exact) mass is 381 g/mol. The Morgan fingerprint density at radius 2 is 2.04 bits per heavy atom. The number of rotatable bonds is 8. The molecule has 1 aromatic rings. The Hall–Kier alpha value is -1.44. The molecule has 1 heterocycles. The van der Waals surface area contributed by atoms with E-state index in [4.69, 9.17) is 0 Å². The molecule has 0 bridgehead atoms. The third-order valence-corrected chi connectivity index (χ3v) is 6.20. The number of likely N-dealkylation sites (N-methyl/N-ethyl adjacent to an activating group) is 1. The van der Waals surface area contributed by atoms with Gasteiger partial charge >= 0.3 is 0 Å². The molecule has 1 aliphatic heterocycles. The molecule has 7 heteroatoms. The molecule has 0 spiro atoms. The Labute approximate surface area is 157 Å². The Kier molecular flexibility index (Phi) is 7.61. The summed E-state index contributed by atoms with van der Waals surface area (Å²) in [4.78, 5) is 15.1. The van der Waals surface area contributed by atoms with Gasteiger partial charge in [0.2, 0.25) is 15.9 Å². The van der Waals surface area contributed by atoms with Gasteiger partial charge in [0, 0.05) is 20.1 Å². The molecule has 1 aliphatic rings. The summed E-state index contributed by atoms with van der Waals surface area (Å²) in [6.07, 6.45) is 4.52. The van der Waals surface area contributed by atoms with E-state index in [1.165, 1.54) is 19.9 Å². The molecule has 0 saturated carbocycles. The van der Waals surface area contributed by atoms with Crippen molar-refractivity contribution in [3.63, 3.8) is 0 Å². The molecule has 1 amide bonds. The predicted octanol–water partition coefficient (Wildman–Crippen LogP) is 1.86. The molecule has 2 rings (SSSR count). The molecule has 2 atom stereocenters. The van der Waals surface area contributed by atoms with E-state index >= 15 is 0 Å². The van der Waals surface area contributed by atoms with E-state index in [1.807, 2.05) is 18.2 Å². The zero-order valence-corrected chi connectivity index (χ0v) is 16.8. The van der Waals surface area contributed by atoms with E-state index in [2.05, 4.69) is 17.1 Å². The highest BCUT2D eigenvalue weighted by Gasteiger charge is 2.30. The lowest BCUT2D eigenvalue weighted by atomic mass is 10.0. The van der Waals surface area contributed by atoms with Crippen molar-refractivity contribution in [1.82, 2.24) is 14.5 Å². The lowest BCUT2D eigenvalue weighted by molar-refractivity contribution is -0.124. The number of sulfonamides is 1. The van der Waals surface area contributed by atoms with Crippen LogP contribution in [-0.2, 0) is 14.8 Å². The summed E-state index contributed by atoms with van der Waals surface area (Å²) in [6.45, 7) is 6.03. The maximum absolute atomic E-state index is 12.7. The number of nitrogens with zero attached hydrogens (tertiary/aromatic N) is 2. The van der Waals surface area contributed by atoms with E-state index in [-0.39, 0.29) is 5.91 Å². The molecule has 146 valence electrons. The van der Waals surface area contributed by atoms with Crippen LogP contribution in [0.5, 0.6) is 0 Å². The quantitative estimate of drug-likeness (QED) is 0.698. The molecular weight excluding hydrogens is 350 g/mol. The highest BCUT2D eigenvalue weighted by molar-refractivity contribution is 7.88. The lowest BCUT2D eigenvalue weighted by Crippen LogP contribution is -2.42. The predicted molar refractivity (Wildman–Crippen MR) is 104 cm³/mol. The Bertz CT molecular complexity index is 679. The topological polar surface area (TPSA) is 69.7 Å². The largest absolute Gasteiger partial charge is 0.354 e. The number of piperidine rings is 1. The molecule has 0 unspecified atom stereocenters. The summed E-state index contributed by atoms with van der Waals surface area (Å²) in [5.74, 6) is 0.459. The van der Waals surface area contributed by atoms with Crippen molar-refractivity contribution in [2.75, 3.05) is 39.5 Å². The fourth-order valence-electron chi connectivity index (χ4n) is 3.45. The minimum absolute atomic E-state index is 0.281. The van der Waals surface area contributed by atoms with Crippen molar-refractivity contribution >= 4 is 15.9 Å². The molecule has 1 saturated heterocycles. The number of benzene rings is 1. The van der Waals surface area contributed by atoms with E-state index < -0.39 is 16.1 Å². The summed E-state index contributed by atoms with van der Waals surface area (Å²) in [5.41, 5.74) is 0.669. The van der Waals surface area contributed by atoms with Gasteiger partial charge in [-0.2, -0.15) is 4.31 Å². The number of carbonyl (C=O) groups excluding carboxylic acids is 1. The fraction of sp³-hybridized carbons (Fsp3) is 0.632. The van der Waals surface area contributed by atoms with Gasteiger partial charge in [-0.3, -0.25) is 4.79 Å². The van der Waals surface area contributed by atoms with Crippen molar-refractivity contribution in [2.24, 2.45) is 5.92 Å². The maximum Gasteiger partial charge on any atom is 0.242 e. The first-order chi connectivity index (χ1) is 12.3. The van der Waals surface area contributed by atoms with Gasteiger partial charge in [0.15, 0.2) is 0 Å². The number of amides is 1. The zero-order chi connectivity index (χ0) is 19.2. The number of nitrogens with one attached hydrogen (secondary N) is 1. The third kappa shape index (κ3) is 6.07. The fourth-order valence-corrected chi connectivity index (χ4v) is 4.05. The summed E-state index contributed by atoms with van der Waals surface area (Å²) in [6, 6.07) is 8.17. The first-order valence-corrected chi connectivity index (χ1v) is 11.1. The third-order valence-electron chi connectivity index (χ3n) is 4.94. The highest BCUT2D eigenvalue weighted by Crippen LogP contribution is 2.22. The molecule has 6 nitrogen and oxygen atoms in total. The molecular formula is C19H31N3O3S. The van der Waals surface area contributed by atoms with Crippen molar-refractivity contribution < 1.29 is 13.2 Å². The van der Waals surface area contributed by atoms with Crippen LogP contribution >= 0.6 is 0 Å². The van der Waals surface area contributed by atoms with E-state index in [0.717, 1.165) is 42.5 Å². The van der Waals surface area contributed by atoms with Crippen molar-refractivity contribution in [3.05, 3.63) is 35.9 Å². The van der Waals surface area contributed by atoms with Crippen LogP contribution in [0.1, 0.15) is 37.8 Å². The summed E-state index contributed by atoms with van der Waals surface area (Å²) >= 11 is 0. The maximum atomic E-state index is 12.7. The van der Waals surface area contributed by atoms with E-state index in [0.29, 0.717) is 12.1 Å². The second kappa shape index (κ2) is 9.48. The van der Waals surface area contributed by atoms with Crippen molar-refractivity contribution in [3.8, 4) is 0 Å². The van der Waals surface area contributed by atoms with Gasteiger partial charge in [-0.05, 0) is 43.8 Å². The Morgan fingerprint density at radius 3 is 2.65 bits per heavy atom.